The molecule has 1 amide bonds. The SMILES string of the molecule is Cc1ccc(F)cc1C(=O)Nc1ccc(N)cc1. The first-order valence-corrected chi connectivity index (χ1v) is 5.49. The van der Waals surface area contributed by atoms with Crippen molar-refractivity contribution in [2.24, 2.45) is 0 Å². The number of carbonyl (C=O) groups excluding carboxylic acids is 1. The molecule has 0 spiro atoms. The number of hydrogen-bond acceptors (Lipinski definition) is 2. The Hall–Kier alpha value is -2.36. The van der Waals surface area contributed by atoms with Crippen molar-refractivity contribution in [3.8, 4) is 0 Å². The van der Waals surface area contributed by atoms with Crippen molar-refractivity contribution in [1.82, 2.24) is 0 Å². The largest absolute Gasteiger partial charge is 0.399 e. The van der Waals surface area contributed by atoms with Gasteiger partial charge in [-0.05, 0) is 48.9 Å². The molecule has 0 bridgehead atoms. The molecule has 0 atom stereocenters. The summed E-state index contributed by atoms with van der Waals surface area (Å²) in [4.78, 5) is 12.0. The number of nitrogen functional groups attached to an aromatic ring is 1. The second kappa shape index (κ2) is 4.87. The standard InChI is InChI=1S/C14H13FN2O/c1-9-2-3-10(15)8-13(9)14(18)17-12-6-4-11(16)5-7-12/h2-8H,16H2,1H3,(H,17,18). The van der Waals surface area contributed by atoms with Gasteiger partial charge in [0.05, 0.1) is 0 Å². The summed E-state index contributed by atoms with van der Waals surface area (Å²) in [6.45, 7) is 1.76. The molecule has 18 heavy (non-hydrogen) atoms. The Labute approximate surface area is 104 Å². The van der Waals surface area contributed by atoms with E-state index in [1.165, 1.54) is 12.1 Å². The molecule has 0 aromatic heterocycles. The summed E-state index contributed by atoms with van der Waals surface area (Å²) in [5.41, 5.74) is 7.85. The Kier molecular flexibility index (Phi) is 3.28. The van der Waals surface area contributed by atoms with Crippen LogP contribution in [0.15, 0.2) is 42.5 Å². The fraction of sp³-hybridized carbons (Fsp3) is 0.0714. The Bertz CT molecular complexity index is 579. The first kappa shape index (κ1) is 12.1. The number of nitrogens with one attached hydrogen (secondary N) is 1. The summed E-state index contributed by atoms with van der Waals surface area (Å²) in [5, 5.41) is 2.69. The van der Waals surface area contributed by atoms with Gasteiger partial charge in [0.25, 0.3) is 5.91 Å². The lowest BCUT2D eigenvalue weighted by atomic mass is 10.1. The predicted octanol–water partition coefficient (Wildman–Crippen LogP) is 2.97. The van der Waals surface area contributed by atoms with E-state index in [2.05, 4.69) is 5.32 Å². The minimum atomic E-state index is -0.428. The number of benzene rings is 2. The van der Waals surface area contributed by atoms with Gasteiger partial charge in [-0.2, -0.15) is 0 Å². The molecule has 0 aliphatic carbocycles. The Morgan fingerprint density at radius 3 is 2.50 bits per heavy atom. The van der Waals surface area contributed by atoms with E-state index in [-0.39, 0.29) is 5.91 Å². The molecule has 0 aliphatic heterocycles. The van der Waals surface area contributed by atoms with Crippen LogP contribution in [-0.2, 0) is 0 Å². The number of hydrogen-bond donors (Lipinski definition) is 2. The highest BCUT2D eigenvalue weighted by molar-refractivity contribution is 6.05. The van der Waals surface area contributed by atoms with Crippen LogP contribution in [0, 0.1) is 12.7 Å². The molecule has 92 valence electrons. The third-order valence-corrected chi connectivity index (χ3v) is 2.61. The van der Waals surface area contributed by atoms with Crippen LogP contribution in [0.2, 0.25) is 0 Å². The number of anilines is 2. The van der Waals surface area contributed by atoms with Crippen molar-refractivity contribution in [3.05, 3.63) is 59.4 Å². The fourth-order valence-corrected chi connectivity index (χ4v) is 1.60. The molecular weight excluding hydrogens is 231 g/mol. The highest BCUT2D eigenvalue weighted by atomic mass is 19.1. The number of amides is 1. The molecule has 4 heteroatoms. The van der Waals surface area contributed by atoms with Crippen molar-refractivity contribution in [3.63, 3.8) is 0 Å². The van der Waals surface area contributed by atoms with E-state index in [4.69, 9.17) is 5.73 Å². The normalized spacial score (nSPS) is 10.1. The molecule has 2 aromatic carbocycles. The van der Waals surface area contributed by atoms with E-state index in [9.17, 15) is 9.18 Å². The summed E-state index contributed by atoms with van der Waals surface area (Å²) in [7, 11) is 0. The van der Waals surface area contributed by atoms with Crippen LogP contribution in [0.4, 0.5) is 15.8 Å². The van der Waals surface area contributed by atoms with E-state index in [1.54, 1.807) is 37.3 Å². The van der Waals surface area contributed by atoms with Crippen LogP contribution in [0.5, 0.6) is 0 Å². The van der Waals surface area contributed by atoms with E-state index in [0.29, 0.717) is 16.9 Å². The lowest BCUT2D eigenvalue weighted by Crippen LogP contribution is -2.13. The Balaban J connectivity index is 2.21. The van der Waals surface area contributed by atoms with Crippen molar-refractivity contribution < 1.29 is 9.18 Å². The molecule has 2 rings (SSSR count). The van der Waals surface area contributed by atoms with Crippen LogP contribution < -0.4 is 11.1 Å². The van der Waals surface area contributed by atoms with E-state index in [0.717, 1.165) is 5.56 Å². The van der Waals surface area contributed by atoms with Gasteiger partial charge in [0.2, 0.25) is 0 Å². The van der Waals surface area contributed by atoms with Crippen molar-refractivity contribution in [2.45, 2.75) is 6.92 Å². The summed E-state index contributed by atoms with van der Waals surface area (Å²) in [6.07, 6.45) is 0. The minimum absolute atomic E-state index is 0.326. The van der Waals surface area contributed by atoms with Gasteiger partial charge in [-0.15, -0.1) is 0 Å². The van der Waals surface area contributed by atoms with Crippen LogP contribution in [0.25, 0.3) is 0 Å². The topological polar surface area (TPSA) is 55.1 Å². The molecule has 0 saturated heterocycles. The predicted molar refractivity (Wildman–Crippen MR) is 69.9 cm³/mol. The van der Waals surface area contributed by atoms with Crippen LogP contribution >= 0.6 is 0 Å². The second-order valence-corrected chi connectivity index (χ2v) is 4.04. The molecule has 2 aromatic rings. The average Bonchev–Trinajstić information content (AvgIpc) is 2.35. The maximum Gasteiger partial charge on any atom is 0.256 e. The quantitative estimate of drug-likeness (QED) is 0.798. The zero-order chi connectivity index (χ0) is 13.1. The highest BCUT2D eigenvalue weighted by Crippen LogP contribution is 2.15. The number of halogens is 1. The minimum Gasteiger partial charge on any atom is -0.399 e. The Morgan fingerprint density at radius 2 is 1.83 bits per heavy atom. The van der Waals surface area contributed by atoms with E-state index < -0.39 is 5.82 Å². The molecule has 3 N–H and O–H groups in total. The number of rotatable bonds is 2. The maximum atomic E-state index is 13.1. The number of aryl methyl sites for hydroxylation is 1. The average molecular weight is 244 g/mol. The summed E-state index contributed by atoms with van der Waals surface area (Å²) >= 11 is 0. The lowest BCUT2D eigenvalue weighted by Gasteiger charge is -2.08. The van der Waals surface area contributed by atoms with Crippen LogP contribution in [0.1, 0.15) is 15.9 Å². The highest BCUT2D eigenvalue weighted by Gasteiger charge is 2.10. The number of nitrogens with two attached hydrogens (primary N) is 1. The summed E-state index contributed by atoms with van der Waals surface area (Å²) in [5.74, 6) is -0.764. The van der Waals surface area contributed by atoms with Gasteiger partial charge in [-0.3, -0.25) is 4.79 Å². The zero-order valence-corrected chi connectivity index (χ0v) is 9.91. The monoisotopic (exact) mass is 244 g/mol. The van der Waals surface area contributed by atoms with Gasteiger partial charge in [-0.1, -0.05) is 6.07 Å². The van der Waals surface area contributed by atoms with Gasteiger partial charge in [0.1, 0.15) is 5.82 Å². The first-order chi connectivity index (χ1) is 8.56. The molecule has 0 unspecified atom stereocenters. The van der Waals surface area contributed by atoms with Gasteiger partial charge < -0.3 is 11.1 Å². The molecular formula is C14H13FN2O. The molecule has 0 saturated carbocycles. The fourth-order valence-electron chi connectivity index (χ4n) is 1.60. The smallest absolute Gasteiger partial charge is 0.256 e. The molecule has 3 nitrogen and oxygen atoms in total. The van der Waals surface area contributed by atoms with Gasteiger partial charge in [0.15, 0.2) is 0 Å². The van der Waals surface area contributed by atoms with E-state index in [1.807, 2.05) is 0 Å². The van der Waals surface area contributed by atoms with Gasteiger partial charge in [0, 0.05) is 16.9 Å². The molecule has 0 heterocycles. The van der Waals surface area contributed by atoms with Gasteiger partial charge in [-0.25, -0.2) is 4.39 Å². The van der Waals surface area contributed by atoms with Crippen molar-refractivity contribution in [1.29, 1.82) is 0 Å². The van der Waals surface area contributed by atoms with Crippen LogP contribution in [0.3, 0.4) is 0 Å². The summed E-state index contributed by atoms with van der Waals surface area (Å²) < 4.78 is 13.1. The third-order valence-electron chi connectivity index (χ3n) is 2.61. The van der Waals surface area contributed by atoms with Crippen LogP contribution in [-0.4, -0.2) is 5.91 Å². The molecule has 0 aliphatic rings. The Morgan fingerprint density at radius 1 is 1.17 bits per heavy atom. The number of carbonyl (C=O) groups is 1. The lowest BCUT2D eigenvalue weighted by molar-refractivity contribution is 0.102. The van der Waals surface area contributed by atoms with Gasteiger partial charge >= 0.3 is 0 Å². The van der Waals surface area contributed by atoms with Crippen molar-refractivity contribution >= 4 is 17.3 Å². The first-order valence-electron chi connectivity index (χ1n) is 5.49. The zero-order valence-electron chi connectivity index (χ0n) is 9.91. The second-order valence-electron chi connectivity index (χ2n) is 4.04. The third kappa shape index (κ3) is 2.66. The van der Waals surface area contributed by atoms with Crippen molar-refractivity contribution in [2.75, 3.05) is 11.1 Å². The van der Waals surface area contributed by atoms with E-state index >= 15 is 0 Å². The summed E-state index contributed by atoms with van der Waals surface area (Å²) in [6, 6.07) is 10.9. The molecule has 0 radical (unpaired) electrons. The molecule has 0 fully saturated rings. The maximum absolute atomic E-state index is 13.1.